The van der Waals surface area contributed by atoms with Crippen molar-refractivity contribution in [1.82, 2.24) is 15.2 Å². The summed E-state index contributed by atoms with van der Waals surface area (Å²) in [5, 5.41) is 5.02. The molecule has 5 heteroatoms. The Bertz CT molecular complexity index is 598. The quantitative estimate of drug-likeness (QED) is 0.673. The van der Waals surface area contributed by atoms with E-state index in [1.165, 1.54) is 16.7 Å². The van der Waals surface area contributed by atoms with Crippen LogP contribution in [-0.2, 0) is 13.5 Å². The minimum Gasteiger partial charge on any atom is -0.271 e. The second kappa shape index (κ2) is 5.95. The number of aryl methyl sites for hydroxylation is 4. The predicted octanol–water partition coefficient (Wildman–Crippen LogP) is 2.75. The fraction of sp³-hybridized carbons (Fsp3) is 0.400. The molecule has 20 heavy (non-hydrogen) atoms. The van der Waals surface area contributed by atoms with Crippen molar-refractivity contribution in [3.63, 3.8) is 0 Å². The third-order valence-electron chi connectivity index (χ3n) is 3.53. The van der Waals surface area contributed by atoms with E-state index < -0.39 is 0 Å². The molecule has 0 fully saturated rings. The molecule has 108 valence electrons. The molecule has 0 radical (unpaired) electrons. The first-order valence-electron chi connectivity index (χ1n) is 6.64. The van der Waals surface area contributed by atoms with E-state index in [0.29, 0.717) is 5.15 Å². The van der Waals surface area contributed by atoms with Gasteiger partial charge < -0.3 is 0 Å². The molecule has 3 N–H and O–H groups in total. The number of nitrogens with zero attached hydrogens (tertiary/aromatic N) is 2. The molecule has 0 aliphatic carbocycles. The highest BCUT2D eigenvalue weighted by Crippen LogP contribution is 2.26. The molecular weight excluding hydrogens is 272 g/mol. The van der Waals surface area contributed by atoms with Crippen LogP contribution in [0.3, 0.4) is 0 Å². The number of aromatic nitrogens is 2. The van der Waals surface area contributed by atoms with Crippen LogP contribution >= 0.6 is 11.6 Å². The zero-order valence-electron chi connectivity index (χ0n) is 12.4. The van der Waals surface area contributed by atoms with E-state index in [2.05, 4.69) is 42.6 Å². The Morgan fingerprint density at radius 2 is 1.85 bits per heavy atom. The minimum atomic E-state index is 0.0222. The van der Waals surface area contributed by atoms with Crippen LogP contribution in [0.4, 0.5) is 0 Å². The summed E-state index contributed by atoms with van der Waals surface area (Å²) in [5.41, 5.74) is 8.51. The first-order valence-corrected chi connectivity index (χ1v) is 7.02. The molecular formula is C15H21ClN4. The number of hydrogen-bond acceptors (Lipinski definition) is 3. The van der Waals surface area contributed by atoms with E-state index in [9.17, 15) is 0 Å². The molecule has 1 aromatic heterocycles. The zero-order chi connectivity index (χ0) is 14.9. The second-order valence-electron chi connectivity index (χ2n) is 5.32. The largest absolute Gasteiger partial charge is 0.271 e. The van der Waals surface area contributed by atoms with Crippen LogP contribution in [0.5, 0.6) is 0 Å². The maximum atomic E-state index is 6.30. The zero-order valence-corrected chi connectivity index (χ0v) is 13.1. The number of hydrogen-bond donors (Lipinski definition) is 2. The van der Waals surface area contributed by atoms with E-state index in [1.54, 1.807) is 4.68 Å². The highest BCUT2D eigenvalue weighted by Gasteiger charge is 2.18. The van der Waals surface area contributed by atoms with Crippen molar-refractivity contribution in [3.05, 3.63) is 51.3 Å². The lowest BCUT2D eigenvalue weighted by atomic mass is 9.96. The van der Waals surface area contributed by atoms with Crippen LogP contribution in [0.25, 0.3) is 0 Å². The van der Waals surface area contributed by atoms with E-state index >= 15 is 0 Å². The van der Waals surface area contributed by atoms with E-state index in [1.807, 2.05) is 14.0 Å². The molecule has 0 saturated heterocycles. The van der Waals surface area contributed by atoms with Crippen molar-refractivity contribution in [2.45, 2.75) is 33.2 Å². The lowest BCUT2D eigenvalue weighted by Gasteiger charge is -2.17. The lowest BCUT2D eigenvalue weighted by molar-refractivity contribution is 0.550. The molecule has 1 heterocycles. The summed E-state index contributed by atoms with van der Waals surface area (Å²) in [6.45, 7) is 6.15. The predicted molar refractivity (Wildman–Crippen MR) is 82.6 cm³/mol. The highest BCUT2D eigenvalue weighted by atomic mass is 35.5. The van der Waals surface area contributed by atoms with Gasteiger partial charge in [-0.05, 0) is 32.8 Å². The van der Waals surface area contributed by atoms with Gasteiger partial charge in [0.05, 0.1) is 11.7 Å². The lowest BCUT2D eigenvalue weighted by Crippen LogP contribution is -2.29. The summed E-state index contributed by atoms with van der Waals surface area (Å²) in [7, 11) is 1.85. The van der Waals surface area contributed by atoms with Crippen LogP contribution in [0.15, 0.2) is 18.2 Å². The van der Waals surface area contributed by atoms with Gasteiger partial charge in [0.1, 0.15) is 5.15 Å². The molecule has 0 aliphatic rings. The van der Waals surface area contributed by atoms with Gasteiger partial charge >= 0.3 is 0 Å². The van der Waals surface area contributed by atoms with Gasteiger partial charge in [-0.2, -0.15) is 5.10 Å². The Hall–Kier alpha value is -1.36. The maximum Gasteiger partial charge on any atom is 0.130 e. The fourth-order valence-electron chi connectivity index (χ4n) is 2.59. The van der Waals surface area contributed by atoms with Crippen LogP contribution in [0.2, 0.25) is 5.15 Å². The normalized spacial score (nSPS) is 12.7. The second-order valence-corrected chi connectivity index (χ2v) is 5.68. The Labute approximate surface area is 124 Å². The summed E-state index contributed by atoms with van der Waals surface area (Å²) in [6.07, 6.45) is 0.720. The van der Waals surface area contributed by atoms with Crippen LogP contribution in [-0.4, -0.2) is 9.78 Å². The Balaban J connectivity index is 2.33. The average molecular weight is 293 g/mol. The smallest absolute Gasteiger partial charge is 0.130 e. The molecule has 0 saturated carbocycles. The summed E-state index contributed by atoms with van der Waals surface area (Å²) < 4.78 is 1.70. The van der Waals surface area contributed by atoms with Crippen molar-refractivity contribution in [1.29, 1.82) is 0 Å². The van der Waals surface area contributed by atoms with E-state index in [4.69, 9.17) is 17.4 Å². The van der Waals surface area contributed by atoms with Crippen molar-refractivity contribution in [2.75, 3.05) is 0 Å². The van der Waals surface area contributed by atoms with Crippen molar-refractivity contribution in [3.8, 4) is 0 Å². The molecule has 1 unspecified atom stereocenters. The molecule has 0 bridgehead atoms. The first kappa shape index (κ1) is 15.0. The van der Waals surface area contributed by atoms with Gasteiger partial charge in [0.2, 0.25) is 0 Å². The van der Waals surface area contributed by atoms with Crippen LogP contribution in [0.1, 0.15) is 34.0 Å². The van der Waals surface area contributed by atoms with E-state index in [0.717, 1.165) is 17.7 Å². The minimum absolute atomic E-state index is 0.0222. The molecule has 1 atom stereocenters. The monoisotopic (exact) mass is 292 g/mol. The summed E-state index contributed by atoms with van der Waals surface area (Å²) in [6, 6.07) is 6.47. The van der Waals surface area contributed by atoms with Crippen molar-refractivity contribution < 1.29 is 0 Å². The number of hydrazine groups is 1. The van der Waals surface area contributed by atoms with E-state index in [-0.39, 0.29) is 6.04 Å². The highest BCUT2D eigenvalue weighted by molar-refractivity contribution is 6.30. The number of rotatable bonds is 4. The van der Waals surface area contributed by atoms with Crippen LogP contribution < -0.4 is 11.3 Å². The summed E-state index contributed by atoms with van der Waals surface area (Å²) in [5.74, 6) is 5.74. The molecule has 2 rings (SSSR count). The van der Waals surface area contributed by atoms with Crippen molar-refractivity contribution >= 4 is 11.6 Å². The third kappa shape index (κ3) is 3.03. The van der Waals surface area contributed by atoms with Gasteiger partial charge in [0, 0.05) is 12.6 Å². The number of benzene rings is 1. The molecule has 0 spiro atoms. The van der Waals surface area contributed by atoms with Gasteiger partial charge in [-0.3, -0.25) is 16.0 Å². The van der Waals surface area contributed by atoms with Crippen molar-refractivity contribution in [2.24, 2.45) is 12.9 Å². The van der Waals surface area contributed by atoms with Gasteiger partial charge in [-0.1, -0.05) is 40.9 Å². The first-order chi connectivity index (χ1) is 9.42. The summed E-state index contributed by atoms with van der Waals surface area (Å²) >= 11 is 6.30. The SMILES string of the molecule is Cc1cc(C)cc(C(Cc2c(C)nn(C)c2Cl)NN)c1. The molecule has 4 nitrogen and oxygen atoms in total. The van der Waals surface area contributed by atoms with Crippen LogP contribution in [0, 0.1) is 20.8 Å². The maximum absolute atomic E-state index is 6.30. The molecule has 0 aliphatic heterocycles. The fourth-order valence-corrected chi connectivity index (χ4v) is 2.85. The van der Waals surface area contributed by atoms with Gasteiger partial charge in [-0.15, -0.1) is 0 Å². The number of halogens is 1. The third-order valence-corrected chi connectivity index (χ3v) is 4.00. The molecule has 1 aromatic carbocycles. The number of nitrogens with two attached hydrogens (primary N) is 1. The Kier molecular flexibility index (Phi) is 4.48. The Morgan fingerprint density at radius 3 is 2.30 bits per heavy atom. The van der Waals surface area contributed by atoms with Gasteiger partial charge in [0.25, 0.3) is 0 Å². The Morgan fingerprint density at radius 1 is 1.25 bits per heavy atom. The number of nitrogens with one attached hydrogen (secondary N) is 1. The molecule has 0 amide bonds. The standard InChI is InChI=1S/C15H21ClN4/c1-9-5-10(2)7-12(6-9)14(18-17)8-13-11(3)19-20(4)15(13)16/h5-7,14,18H,8,17H2,1-4H3. The van der Waals surface area contributed by atoms with Gasteiger partial charge in [0.15, 0.2) is 0 Å². The summed E-state index contributed by atoms with van der Waals surface area (Å²) in [4.78, 5) is 0. The average Bonchev–Trinajstić information content (AvgIpc) is 2.60. The topological polar surface area (TPSA) is 55.9 Å². The van der Waals surface area contributed by atoms with Gasteiger partial charge in [-0.25, -0.2) is 0 Å². The molecule has 2 aromatic rings.